The molecule has 3 rings (SSSR count). The summed E-state index contributed by atoms with van der Waals surface area (Å²) in [5.74, 6) is 0.877. The molecule has 0 bridgehead atoms. The number of rotatable bonds is 11. The maximum Gasteiger partial charge on any atom is 0.118 e. The Kier molecular flexibility index (Phi) is 8.88. The zero-order valence-electron chi connectivity index (χ0n) is 17.3. The molecule has 0 fully saturated rings. The van der Waals surface area contributed by atoms with E-state index in [1.54, 1.807) is 7.11 Å². The molecular formula is C26H28ClNOS. The highest BCUT2D eigenvalue weighted by atomic mass is 35.5. The van der Waals surface area contributed by atoms with Crippen LogP contribution in [-0.4, -0.2) is 13.2 Å². The third-order valence-electron chi connectivity index (χ3n) is 4.98. The highest BCUT2D eigenvalue weighted by molar-refractivity contribution is 7.99. The highest BCUT2D eigenvalue weighted by Gasteiger charge is 2.19. The lowest BCUT2D eigenvalue weighted by atomic mass is 10.0. The maximum absolute atomic E-state index is 6.46. The molecule has 0 heterocycles. The lowest BCUT2D eigenvalue weighted by Crippen LogP contribution is -2.29. The van der Waals surface area contributed by atoms with Gasteiger partial charge in [-0.25, -0.2) is 0 Å². The third kappa shape index (κ3) is 6.66. The van der Waals surface area contributed by atoms with Crippen molar-refractivity contribution in [1.29, 1.82) is 0 Å². The molecular weight excluding hydrogens is 410 g/mol. The van der Waals surface area contributed by atoms with Gasteiger partial charge in [0.15, 0.2) is 0 Å². The van der Waals surface area contributed by atoms with E-state index in [9.17, 15) is 0 Å². The summed E-state index contributed by atoms with van der Waals surface area (Å²) >= 11 is 8.28. The van der Waals surface area contributed by atoms with Crippen molar-refractivity contribution in [3.05, 3.63) is 108 Å². The van der Waals surface area contributed by atoms with Gasteiger partial charge in [0, 0.05) is 22.7 Å². The Bertz CT molecular complexity index is 914. The average molecular weight is 438 g/mol. The van der Waals surface area contributed by atoms with Crippen molar-refractivity contribution in [1.82, 2.24) is 5.32 Å². The summed E-state index contributed by atoms with van der Waals surface area (Å²) in [6.07, 6.45) is 3.87. The van der Waals surface area contributed by atoms with Crippen molar-refractivity contribution in [3.63, 3.8) is 0 Å². The van der Waals surface area contributed by atoms with Crippen LogP contribution in [0.25, 0.3) is 0 Å². The Morgan fingerprint density at radius 2 is 1.70 bits per heavy atom. The van der Waals surface area contributed by atoms with E-state index in [2.05, 4.69) is 60.4 Å². The second-order valence-electron chi connectivity index (χ2n) is 7.13. The summed E-state index contributed by atoms with van der Waals surface area (Å²) in [7, 11) is 1.69. The molecule has 0 amide bonds. The van der Waals surface area contributed by atoms with Crippen molar-refractivity contribution in [2.24, 2.45) is 0 Å². The van der Waals surface area contributed by atoms with Crippen molar-refractivity contribution < 1.29 is 4.74 Å². The molecule has 0 aromatic heterocycles. The van der Waals surface area contributed by atoms with Crippen LogP contribution in [0.4, 0.5) is 0 Å². The van der Waals surface area contributed by atoms with Gasteiger partial charge in [0.1, 0.15) is 5.75 Å². The van der Waals surface area contributed by atoms with Crippen LogP contribution in [0.3, 0.4) is 0 Å². The van der Waals surface area contributed by atoms with Crippen molar-refractivity contribution in [3.8, 4) is 5.75 Å². The average Bonchev–Trinajstić information content (AvgIpc) is 2.79. The van der Waals surface area contributed by atoms with E-state index in [0.29, 0.717) is 11.3 Å². The SMILES string of the molecule is C=CCC(CC(Sc1ccccc1Cl)c1ccccc1)NCc1ccc(OC)cc1. The Hall–Kier alpha value is -2.20. The molecule has 0 aliphatic heterocycles. The number of hydrogen-bond acceptors (Lipinski definition) is 3. The maximum atomic E-state index is 6.46. The summed E-state index contributed by atoms with van der Waals surface area (Å²) < 4.78 is 5.25. The van der Waals surface area contributed by atoms with Gasteiger partial charge in [-0.3, -0.25) is 0 Å². The largest absolute Gasteiger partial charge is 0.497 e. The molecule has 2 nitrogen and oxygen atoms in total. The number of halogens is 1. The molecule has 4 heteroatoms. The standard InChI is InChI=1S/C26H28ClNOS/c1-3-9-22(28-19-20-14-16-23(29-2)17-15-20)18-26(21-10-5-4-6-11-21)30-25-13-8-7-12-24(25)27/h3-8,10-17,22,26,28H,1,9,18-19H2,2H3. The first-order chi connectivity index (χ1) is 14.7. The lowest BCUT2D eigenvalue weighted by Gasteiger charge is -2.24. The van der Waals surface area contributed by atoms with Crippen LogP contribution in [-0.2, 0) is 6.54 Å². The molecule has 0 radical (unpaired) electrons. The predicted octanol–water partition coefficient (Wildman–Crippen LogP) is 7.31. The summed E-state index contributed by atoms with van der Waals surface area (Å²) in [6.45, 7) is 4.78. The summed E-state index contributed by atoms with van der Waals surface area (Å²) in [4.78, 5) is 1.11. The van der Waals surface area contributed by atoms with Gasteiger partial charge in [-0.1, -0.05) is 72.3 Å². The first kappa shape index (κ1) is 22.5. The van der Waals surface area contributed by atoms with Crippen molar-refractivity contribution >= 4 is 23.4 Å². The predicted molar refractivity (Wildman–Crippen MR) is 130 cm³/mol. The highest BCUT2D eigenvalue weighted by Crippen LogP contribution is 2.41. The molecule has 3 aromatic carbocycles. The number of nitrogens with one attached hydrogen (secondary N) is 1. The van der Waals surface area contributed by atoms with E-state index in [1.807, 2.05) is 48.2 Å². The summed E-state index contributed by atoms with van der Waals surface area (Å²) in [5, 5.41) is 4.81. The van der Waals surface area contributed by atoms with Crippen LogP contribution in [0.2, 0.25) is 5.02 Å². The number of methoxy groups -OCH3 is 1. The molecule has 0 spiro atoms. The third-order valence-corrected chi connectivity index (χ3v) is 6.78. The minimum absolute atomic E-state index is 0.291. The Balaban J connectivity index is 1.73. The Morgan fingerprint density at radius 3 is 2.37 bits per heavy atom. The number of ether oxygens (including phenoxy) is 1. The molecule has 0 saturated carbocycles. The molecule has 1 N–H and O–H groups in total. The zero-order valence-corrected chi connectivity index (χ0v) is 18.8. The van der Waals surface area contributed by atoms with Gasteiger partial charge in [-0.05, 0) is 48.2 Å². The zero-order chi connectivity index (χ0) is 21.2. The number of thioether (sulfide) groups is 1. The molecule has 0 aliphatic rings. The van der Waals surface area contributed by atoms with Crippen LogP contribution in [0.5, 0.6) is 5.75 Å². The van der Waals surface area contributed by atoms with Crippen LogP contribution in [0, 0.1) is 0 Å². The Labute approximate surface area is 189 Å². The monoisotopic (exact) mass is 437 g/mol. The van der Waals surface area contributed by atoms with E-state index in [4.69, 9.17) is 16.3 Å². The minimum atomic E-state index is 0.291. The van der Waals surface area contributed by atoms with E-state index in [-0.39, 0.29) is 0 Å². The first-order valence-electron chi connectivity index (χ1n) is 10.1. The molecule has 156 valence electrons. The van der Waals surface area contributed by atoms with Gasteiger partial charge in [-0.2, -0.15) is 0 Å². The van der Waals surface area contributed by atoms with Crippen LogP contribution in [0.15, 0.2) is 96.4 Å². The second-order valence-corrected chi connectivity index (χ2v) is 8.79. The fourth-order valence-electron chi connectivity index (χ4n) is 3.34. The fourth-order valence-corrected chi connectivity index (χ4v) is 4.88. The van der Waals surface area contributed by atoms with Crippen LogP contribution >= 0.6 is 23.4 Å². The van der Waals surface area contributed by atoms with Crippen molar-refractivity contribution in [2.45, 2.75) is 35.6 Å². The minimum Gasteiger partial charge on any atom is -0.497 e. The molecule has 2 atom stereocenters. The quantitative estimate of drug-likeness (QED) is 0.251. The van der Waals surface area contributed by atoms with E-state index >= 15 is 0 Å². The number of benzene rings is 3. The number of hydrogen-bond donors (Lipinski definition) is 1. The van der Waals surface area contributed by atoms with Gasteiger partial charge in [-0.15, -0.1) is 18.3 Å². The Morgan fingerprint density at radius 1 is 1.00 bits per heavy atom. The van der Waals surface area contributed by atoms with Gasteiger partial charge in [0.2, 0.25) is 0 Å². The smallest absolute Gasteiger partial charge is 0.118 e. The van der Waals surface area contributed by atoms with Crippen molar-refractivity contribution in [2.75, 3.05) is 7.11 Å². The molecule has 3 aromatic rings. The molecule has 30 heavy (non-hydrogen) atoms. The van der Waals surface area contributed by atoms with Gasteiger partial charge < -0.3 is 10.1 Å². The van der Waals surface area contributed by atoms with E-state index < -0.39 is 0 Å². The summed E-state index contributed by atoms with van der Waals surface area (Å²) in [5.41, 5.74) is 2.54. The van der Waals surface area contributed by atoms with E-state index in [1.165, 1.54) is 11.1 Å². The van der Waals surface area contributed by atoms with E-state index in [0.717, 1.165) is 35.1 Å². The first-order valence-corrected chi connectivity index (χ1v) is 11.4. The fraction of sp³-hybridized carbons (Fsp3) is 0.231. The lowest BCUT2D eigenvalue weighted by molar-refractivity contribution is 0.414. The van der Waals surface area contributed by atoms with Crippen LogP contribution < -0.4 is 10.1 Å². The van der Waals surface area contributed by atoms with Gasteiger partial charge >= 0.3 is 0 Å². The topological polar surface area (TPSA) is 21.3 Å². The molecule has 2 unspecified atom stereocenters. The molecule has 0 aliphatic carbocycles. The normalized spacial score (nSPS) is 12.9. The van der Waals surface area contributed by atoms with Gasteiger partial charge in [0.25, 0.3) is 0 Å². The second kappa shape index (κ2) is 11.8. The van der Waals surface area contributed by atoms with Crippen LogP contribution in [0.1, 0.15) is 29.2 Å². The van der Waals surface area contributed by atoms with Gasteiger partial charge in [0.05, 0.1) is 12.1 Å². The summed E-state index contributed by atoms with van der Waals surface area (Å²) in [6, 6.07) is 27.2. The molecule has 0 saturated heterocycles.